The highest BCUT2D eigenvalue weighted by molar-refractivity contribution is 7.12. The fourth-order valence-electron chi connectivity index (χ4n) is 12.2. The van der Waals surface area contributed by atoms with E-state index in [4.69, 9.17) is 4.52 Å². The normalized spacial score (nSPS) is 14.1. The van der Waals surface area contributed by atoms with Crippen molar-refractivity contribution in [2.45, 2.75) is 19.5 Å². The number of nitriles is 3. The largest absolute Gasteiger partial charge is 0.366 e. The third-order valence-electron chi connectivity index (χ3n) is 16.9. The summed E-state index contributed by atoms with van der Waals surface area (Å²) in [6.07, 6.45) is 2.25. The van der Waals surface area contributed by atoms with E-state index in [9.17, 15) is 48.9 Å². The molecule has 24 heteroatoms. The van der Waals surface area contributed by atoms with Gasteiger partial charge in [-0.2, -0.15) is 15.8 Å². The van der Waals surface area contributed by atoms with Gasteiger partial charge in [-0.15, -0.1) is 22.7 Å². The Hall–Kier alpha value is -10.7. The molecule has 9 heterocycles. The van der Waals surface area contributed by atoms with Gasteiger partial charge in [0.15, 0.2) is 0 Å². The summed E-state index contributed by atoms with van der Waals surface area (Å²) >= 11 is 2.89. The second kappa shape index (κ2) is 28.6. The van der Waals surface area contributed by atoms with Crippen molar-refractivity contribution in [3.05, 3.63) is 219 Å². The third-order valence-corrected chi connectivity index (χ3v) is 18.6. The van der Waals surface area contributed by atoms with E-state index >= 15 is 0 Å². The summed E-state index contributed by atoms with van der Waals surface area (Å²) in [5, 5.41) is 39.5. The van der Waals surface area contributed by atoms with E-state index in [1.807, 2.05) is 137 Å². The monoisotopic (exact) mass is 1280 g/mol. The Labute approximate surface area is 542 Å². The molecule has 0 saturated carbocycles. The molecule has 0 aliphatic carbocycles. The van der Waals surface area contributed by atoms with E-state index in [1.165, 1.54) is 51.6 Å². The molecule has 0 bridgehead atoms. The number of piperazine rings is 3. The van der Waals surface area contributed by atoms with Crippen LogP contribution in [0.4, 0.5) is 21.5 Å². The van der Waals surface area contributed by atoms with Crippen molar-refractivity contribution < 1.29 is 23.3 Å². The van der Waals surface area contributed by atoms with Gasteiger partial charge in [0, 0.05) is 114 Å². The lowest BCUT2D eigenvalue weighted by molar-refractivity contribution is 0.0703. The number of hydrogen-bond donors (Lipinski definition) is 0. The maximum absolute atomic E-state index is 13.4. The van der Waals surface area contributed by atoms with Crippen LogP contribution in [0.3, 0.4) is 0 Å². The van der Waals surface area contributed by atoms with Crippen molar-refractivity contribution in [3.8, 4) is 18.2 Å². The van der Waals surface area contributed by atoms with Crippen LogP contribution in [-0.2, 0) is 20.1 Å². The molecule has 0 N–H and O–H groups in total. The Kier molecular flexibility index (Phi) is 19.7. The molecule has 6 aromatic heterocycles. The molecule has 4 aromatic carbocycles. The van der Waals surface area contributed by atoms with Crippen molar-refractivity contribution in [3.63, 3.8) is 0 Å². The number of para-hydroxylation sites is 3. The molecule has 0 spiro atoms. The van der Waals surface area contributed by atoms with Gasteiger partial charge in [-0.05, 0) is 85.8 Å². The van der Waals surface area contributed by atoms with E-state index < -0.39 is 5.56 Å². The number of amides is 3. The van der Waals surface area contributed by atoms with Gasteiger partial charge < -0.3 is 52.5 Å². The van der Waals surface area contributed by atoms with Gasteiger partial charge >= 0.3 is 0 Å². The number of thiophene rings is 2. The molecule has 3 aliphatic rings. The molecular formula is C69H65FN14O7S2. The minimum atomic E-state index is -0.402. The van der Waals surface area contributed by atoms with E-state index in [0.29, 0.717) is 108 Å². The van der Waals surface area contributed by atoms with Crippen LogP contribution in [0.5, 0.6) is 0 Å². The SMILES string of the molecule is CN(C)CCCn1c(=O)c(C#N)c(N2CCN(C(=O)c3cccs3)CC2)c2ccccc21.Cn1c(=O)c(C#N)c(N2CCN(C(=O)c3cccs3)CC2)c2ccccc21.N#Cc1c(N2CCN(C(=O)c3ccno3)CC2)c2ccccc2n(Cc2ccc(F)cc2)c1=O. The second-order valence-electron chi connectivity index (χ2n) is 22.7. The molecule has 472 valence electrons. The predicted molar refractivity (Wildman–Crippen MR) is 358 cm³/mol. The summed E-state index contributed by atoms with van der Waals surface area (Å²) in [7, 11) is 5.70. The number of benzene rings is 4. The molecular weight excluding hydrogens is 1220 g/mol. The van der Waals surface area contributed by atoms with Crippen LogP contribution >= 0.6 is 22.7 Å². The van der Waals surface area contributed by atoms with Crippen LogP contribution in [0.2, 0.25) is 0 Å². The smallest absolute Gasteiger partial charge is 0.292 e. The van der Waals surface area contributed by atoms with Crippen LogP contribution in [0.25, 0.3) is 32.7 Å². The molecule has 3 aliphatic heterocycles. The zero-order chi connectivity index (χ0) is 65.3. The van der Waals surface area contributed by atoms with Gasteiger partial charge in [0.2, 0.25) is 5.76 Å². The first-order chi connectivity index (χ1) is 45.2. The first-order valence-corrected chi connectivity index (χ1v) is 32.1. The number of hydrogen-bond acceptors (Lipinski definition) is 17. The zero-order valence-corrected chi connectivity index (χ0v) is 53.1. The topological polar surface area (TPSA) is 237 Å². The van der Waals surface area contributed by atoms with Gasteiger partial charge in [0.25, 0.3) is 34.4 Å². The molecule has 21 nitrogen and oxygen atoms in total. The highest BCUT2D eigenvalue weighted by Gasteiger charge is 2.31. The summed E-state index contributed by atoms with van der Waals surface area (Å²) in [6.45, 7) is 7.97. The number of rotatable bonds is 12. The summed E-state index contributed by atoms with van der Waals surface area (Å²) in [5.74, 6) is -0.326. The molecule has 93 heavy (non-hydrogen) atoms. The Morgan fingerprint density at radius 3 is 1.38 bits per heavy atom. The summed E-state index contributed by atoms with van der Waals surface area (Å²) < 4.78 is 23.1. The van der Waals surface area contributed by atoms with Crippen molar-refractivity contribution in [1.82, 2.24) is 38.5 Å². The van der Waals surface area contributed by atoms with Crippen LogP contribution in [0.15, 0.2) is 163 Å². The molecule has 13 rings (SSSR count). The van der Waals surface area contributed by atoms with Crippen LogP contribution in [-0.4, -0.2) is 155 Å². The Morgan fingerprint density at radius 2 is 0.946 bits per heavy atom. The number of nitrogens with zero attached hydrogens (tertiary/aromatic N) is 14. The lowest BCUT2D eigenvalue weighted by Crippen LogP contribution is -2.49. The number of halogens is 1. The fourth-order valence-corrected chi connectivity index (χ4v) is 13.6. The lowest BCUT2D eigenvalue weighted by atomic mass is 10.1. The van der Waals surface area contributed by atoms with Crippen molar-refractivity contribution in [2.24, 2.45) is 7.05 Å². The zero-order valence-electron chi connectivity index (χ0n) is 51.5. The average Bonchev–Trinajstić information content (AvgIpc) is 0.965. The molecule has 10 aromatic rings. The maximum Gasteiger partial charge on any atom is 0.292 e. The molecule has 3 amide bonds. The van der Waals surface area contributed by atoms with Crippen molar-refractivity contribution in [2.75, 3.05) is 114 Å². The number of fused-ring (bicyclic) bond motifs is 3. The minimum absolute atomic E-state index is 0.0407. The van der Waals surface area contributed by atoms with Gasteiger partial charge in [0.1, 0.15) is 40.7 Å². The van der Waals surface area contributed by atoms with E-state index in [-0.39, 0.29) is 63.7 Å². The maximum atomic E-state index is 13.4. The third kappa shape index (κ3) is 13.4. The second-order valence-corrected chi connectivity index (χ2v) is 24.6. The van der Waals surface area contributed by atoms with E-state index in [0.717, 1.165) is 55.5 Å². The van der Waals surface area contributed by atoms with Crippen molar-refractivity contribution in [1.29, 1.82) is 15.8 Å². The van der Waals surface area contributed by atoms with Crippen LogP contribution in [0.1, 0.15) is 58.6 Å². The van der Waals surface area contributed by atoms with Gasteiger partial charge in [-0.3, -0.25) is 28.8 Å². The van der Waals surface area contributed by atoms with Gasteiger partial charge in [-0.1, -0.05) is 84.0 Å². The van der Waals surface area contributed by atoms with Crippen LogP contribution in [0, 0.1) is 39.8 Å². The summed E-state index contributed by atoms with van der Waals surface area (Å²) in [4.78, 5) is 92.3. The molecule has 0 unspecified atom stereocenters. The van der Waals surface area contributed by atoms with Crippen LogP contribution < -0.4 is 31.4 Å². The molecule has 0 radical (unpaired) electrons. The molecule has 0 atom stereocenters. The first-order valence-electron chi connectivity index (χ1n) is 30.3. The molecule has 3 fully saturated rings. The molecule has 3 saturated heterocycles. The number of aromatic nitrogens is 4. The van der Waals surface area contributed by atoms with Crippen molar-refractivity contribution >= 4 is 90.2 Å². The summed E-state index contributed by atoms with van der Waals surface area (Å²) in [6, 6.07) is 44.2. The quantitative estimate of drug-likeness (QED) is 0.112. The number of anilines is 3. The van der Waals surface area contributed by atoms with Gasteiger partial charge in [0.05, 0.1) is 56.1 Å². The average molecular weight is 1290 g/mol. The highest BCUT2D eigenvalue weighted by atomic mass is 32.1. The number of carbonyl (C=O) groups excluding carboxylic acids is 3. The minimum Gasteiger partial charge on any atom is -0.366 e. The fraction of sp³-hybridized carbons (Fsp3) is 0.275. The Bertz CT molecular complexity index is 4700. The van der Waals surface area contributed by atoms with E-state index in [2.05, 4.69) is 38.1 Å². The highest BCUT2D eigenvalue weighted by Crippen LogP contribution is 2.34. The predicted octanol–water partition coefficient (Wildman–Crippen LogP) is 8.29. The Balaban J connectivity index is 0.000000144. The number of carbonyl (C=O) groups is 3. The number of aryl methyl sites for hydroxylation is 2. The van der Waals surface area contributed by atoms with E-state index in [1.54, 1.807) is 33.2 Å². The standard InChI is InChI=1S/C25H20FN5O3.C24H27N5O2S.C20H18N4O2S/c26-18-7-5-17(6-8-18)16-31-21-4-2-1-3-19(21)23(20(15-27)24(31)32)29-11-13-30(14-12-29)25(33)22-9-10-28-34-22;1-26(2)10-6-11-29-20-8-4-3-7-18(20)22(19(17-25)23(29)30)27-12-14-28(15-13-27)24(31)21-9-5-16-32-21;1-22-16-6-3-2-5-14(16)18(15(13-21)19(22)25)23-8-10-24(11-9-23)20(26)17-7-4-12-27-17/h1-10H,11-14,16H2;3-5,7-9,16H,6,10-15H2,1-2H3;2-7,12H,8-11H2,1H3. The van der Waals surface area contributed by atoms with Gasteiger partial charge in [-0.25, -0.2) is 4.39 Å². The first kappa shape index (κ1) is 63.8. The lowest BCUT2D eigenvalue weighted by Gasteiger charge is -2.37. The Morgan fingerprint density at radius 1 is 0.527 bits per heavy atom. The number of pyridine rings is 3. The summed E-state index contributed by atoms with van der Waals surface area (Å²) in [5.41, 5.74) is 4.51.